The highest BCUT2D eigenvalue weighted by molar-refractivity contribution is 9.10. The fourth-order valence-corrected chi connectivity index (χ4v) is 3.79. The number of aromatic nitrogens is 1. The van der Waals surface area contributed by atoms with Crippen molar-refractivity contribution in [1.29, 1.82) is 0 Å². The zero-order chi connectivity index (χ0) is 15.1. The van der Waals surface area contributed by atoms with Gasteiger partial charge in [0.2, 0.25) is 0 Å². The highest BCUT2D eigenvalue weighted by Crippen LogP contribution is 2.38. The first-order chi connectivity index (χ1) is 9.21. The summed E-state index contributed by atoms with van der Waals surface area (Å²) >= 11 is 5.18. The molecule has 0 unspecified atom stereocenters. The van der Waals surface area contributed by atoms with Gasteiger partial charge in [-0.2, -0.15) is 0 Å². The molecule has 1 aromatic heterocycles. The summed E-state index contributed by atoms with van der Waals surface area (Å²) < 4.78 is 14.0. The SMILES string of the molecule is CCN(CC)c1nc(Br)c(B2OC(C)(C)C(C)(C)O2)s1. The summed E-state index contributed by atoms with van der Waals surface area (Å²) in [4.78, 5) is 6.82. The van der Waals surface area contributed by atoms with Crippen LogP contribution in [0.15, 0.2) is 4.60 Å². The van der Waals surface area contributed by atoms with Crippen LogP contribution in [0.3, 0.4) is 0 Å². The molecule has 0 saturated carbocycles. The first-order valence-electron chi connectivity index (χ1n) is 6.98. The molecule has 1 aliphatic heterocycles. The average Bonchev–Trinajstić information content (AvgIpc) is 2.80. The number of hydrogen-bond acceptors (Lipinski definition) is 5. The molecule has 20 heavy (non-hydrogen) atoms. The summed E-state index contributed by atoms with van der Waals surface area (Å²) in [5.74, 6) is 0. The van der Waals surface area contributed by atoms with Gasteiger partial charge in [0.25, 0.3) is 0 Å². The molecule has 2 heterocycles. The van der Waals surface area contributed by atoms with Crippen molar-refractivity contribution < 1.29 is 9.31 Å². The molecule has 4 nitrogen and oxygen atoms in total. The van der Waals surface area contributed by atoms with Gasteiger partial charge in [-0.15, -0.1) is 11.3 Å². The molecular weight excluding hydrogens is 339 g/mol. The van der Waals surface area contributed by atoms with Crippen molar-refractivity contribution >= 4 is 44.3 Å². The van der Waals surface area contributed by atoms with Gasteiger partial charge in [-0.05, 0) is 57.5 Å². The van der Waals surface area contributed by atoms with Gasteiger partial charge >= 0.3 is 7.12 Å². The molecule has 1 fully saturated rings. The molecule has 2 rings (SSSR count). The zero-order valence-corrected chi connectivity index (χ0v) is 15.4. The van der Waals surface area contributed by atoms with E-state index < -0.39 is 0 Å². The second kappa shape index (κ2) is 5.59. The lowest BCUT2D eigenvalue weighted by Crippen LogP contribution is -2.41. The van der Waals surface area contributed by atoms with E-state index in [-0.39, 0.29) is 18.3 Å². The van der Waals surface area contributed by atoms with Crippen molar-refractivity contribution in [2.45, 2.75) is 52.7 Å². The van der Waals surface area contributed by atoms with Crippen LogP contribution in [0.2, 0.25) is 0 Å². The largest absolute Gasteiger partial charge is 0.508 e. The molecule has 0 radical (unpaired) electrons. The quantitative estimate of drug-likeness (QED) is 0.773. The van der Waals surface area contributed by atoms with Gasteiger partial charge in [-0.25, -0.2) is 4.98 Å². The lowest BCUT2D eigenvalue weighted by molar-refractivity contribution is 0.00578. The summed E-state index contributed by atoms with van der Waals surface area (Å²) in [6.45, 7) is 14.4. The molecular formula is C13H22BBrN2O2S. The maximum absolute atomic E-state index is 6.09. The predicted molar refractivity (Wildman–Crippen MR) is 89.1 cm³/mol. The van der Waals surface area contributed by atoms with Crippen LogP contribution in [0.5, 0.6) is 0 Å². The predicted octanol–water partition coefficient (Wildman–Crippen LogP) is 3.05. The van der Waals surface area contributed by atoms with Crippen molar-refractivity contribution in [3.63, 3.8) is 0 Å². The number of nitrogens with zero attached hydrogens (tertiary/aromatic N) is 2. The minimum absolute atomic E-state index is 0.323. The highest BCUT2D eigenvalue weighted by Gasteiger charge is 2.53. The van der Waals surface area contributed by atoms with Gasteiger partial charge < -0.3 is 14.2 Å². The lowest BCUT2D eigenvalue weighted by Gasteiger charge is -2.32. The fourth-order valence-electron chi connectivity index (χ4n) is 2.03. The van der Waals surface area contributed by atoms with Crippen LogP contribution in [0.25, 0.3) is 0 Å². The Bertz CT molecular complexity index is 473. The molecule has 1 saturated heterocycles. The standard InChI is InChI=1S/C13H22BBrN2O2S/c1-7-17(8-2)11-16-10(15)9(20-11)14-18-12(3,4)13(5,6)19-14/h7-8H2,1-6H3. The topological polar surface area (TPSA) is 34.6 Å². The van der Waals surface area contributed by atoms with Crippen molar-refractivity contribution in [2.24, 2.45) is 0 Å². The van der Waals surface area contributed by atoms with Crippen LogP contribution in [0.4, 0.5) is 5.13 Å². The van der Waals surface area contributed by atoms with E-state index in [4.69, 9.17) is 9.31 Å². The number of anilines is 1. The maximum atomic E-state index is 6.09. The highest BCUT2D eigenvalue weighted by atomic mass is 79.9. The zero-order valence-electron chi connectivity index (χ0n) is 13.0. The molecule has 112 valence electrons. The lowest BCUT2D eigenvalue weighted by atomic mass is 9.89. The van der Waals surface area contributed by atoms with Gasteiger partial charge in [0.1, 0.15) is 4.60 Å². The van der Waals surface area contributed by atoms with E-state index in [1.54, 1.807) is 11.3 Å². The van der Waals surface area contributed by atoms with E-state index in [9.17, 15) is 0 Å². The van der Waals surface area contributed by atoms with E-state index in [0.717, 1.165) is 27.6 Å². The minimum Gasteiger partial charge on any atom is -0.399 e. The molecule has 0 atom stereocenters. The van der Waals surface area contributed by atoms with E-state index in [2.05, 4.69) is 67.4 Å². The van der Waals surface area contributed by atoms with Crippen LogP contribution < -0.4 is 9.68 Å². The number of halogens is 1. The smallest absolute Gasteiger partial charge is 0.399 e. The Morgan fingerprint density at radius 1 is 1.15 bits per heavy atom. The number of hydrogen-bond donors (Lipinski definition) is 0. The molecule has 1 aliphatic rings. The molecule has 0 bridgehead atoms. The summed E-state index contributed by atoms with van der Waals surface area (Å²) in [7, 11) is -0.351. The second-order valence-electron chi connectivity index (χ2n) is 5.91. The molecule has 0 amide bonds. The molecule has 1 aromatic rings. The number of thiazole rings is 1. The maximum Gasteiger partial charge on any atom is 0.508 e. The van der Waals surface area contributed by atoms with Crippen molar-refractivity contribution in [1.82, 2.24) is 4.98 Å². The fraction of sp³-hybridized carbons (Fsp3) is 0.769. The van der Waals surface area contributed by atoms with Crippen LogP contribution in [-0.2, 0) is 9.31 Å². The van der Waals surface area contributed by atoms with Gasteiger partial charge in [0, 0.05) is 13.1 Å². The Kier molecular flexibility index (Phi) is 4.55. The van der Waals surface area contributed by atoms with Gasteiger partial charge in [0.05, 0.1) is 16.0 Å². The molecule has 0 spiro atoms. The Morgan fingerprint density at radius 3 is 2.10 bits per heavy atom. The van der Waals surface area contributed by atoms with Gasteiger partial charge in [-0.3, -0.25) is 0 Å². The van der Waals surface area contributed by atoms with Crippen molar-refractivity contribution in [3.8, 4) is 0 Å². The van der Waals surface area contributed by atoms with E-state index >= 15 is 0 Å². The van der Waals surface area contributed by atoms with Crippen LogP contribution in [-0.4, -0.2) is 36.4 Å². The Labute approximate surface area is 134 Å². The first-order valence-corrected chi connectivity index (χ1v) is 8.59. The van der Waals surface area contributed by atoms with Crippen LogP contribution >= 0.6 is 27.3 Å². The monoisotopic (exact) mass is 360 g/mol. The van der Waals surface area contributed by atoms with Gasteiger partial charge in [0.15, 0.2) is 5.13 Å². The summed E-state index contributed by atoms with van der Waals surface area (Å²) in [5, 5.41) is 1.01. The van der Waals surface area contributed by atoms with Gasteiger partial charge in [-0.1, -0.05) is 0 Å². The summed E-state index contributed by atoms with van der Waals surface area (Å²) in [6, 6.07) is 0. The summed E-state index contributed by atoms with van der Waals surface area (Å²) in [6.07, 6.45) is 0. The van der Waals surface area contributed by atoms with Crippen molar-refractivity contribution in [2.75, 3.05) is 18.0 Å². The molecule has 0 aromatic carbocycles. The third kappa shape index (κ3) is 2.78. The van der Waals surface area contributed by atoms with E-state index in [1.807, 2.05) is 0 Å². The minimum atomic E-state index is -0.351. The molecule has 0 aliphatic carbocycles. The Hall–Kier alpha value is -0.105. The average molecular weight is 361 g/mol. The Balaban J connectivity index is 2.27. The molecule has 0 N–H and O–H groups in total. The van der Waals surface area contributed by atoms with E-state index in [1.165, 1.54) is 0 Å². The van der Waals surface area contributed by atoms with Crippen LogP contribution in [0, 0.1) is 0 Å². The third-order valence-corrected chi connectivity index (χ3v) is 6.10. The van der Waals surface area contributed by atoms with E-state index in [0.29, 0.717) is 0 Å². The molecule has 7 heteroatoms. The first kappa shape index (κ1) is 16.3. The second-order valence-corrected chi connectivity index (χ2v) is 7.67. The van der Waals surface area contributed by atoms with Crippen LogP contribution in [0.1, 0.15) is 41.5 Å². The summed E-state index contributed by atoms with van der Waals surface area (Å²) in [5.41, 5.74) is -0.646. The Morgan fingerprint density at radius 2 is 1.65 bits per heavy atom. The number of rotatable bonds is 4. The third-order valence-electron chi connectivity index (χ3n) is 4.10. The van der Waals surface area contributed by atoms with Crippen molar-refractivity contribution in [3.05, 3.63) is 4.60 Å². The normalized spacial score (nSPS) is 20.4.